The van der Waals surface area contributed by atoms with Crippen molar-refractivity contribution in [2.24, 2.45) is 0 Å². The van der Waals surface area contributed by atoms with E-state index in [0.717, 1.165) is 0 Å². The minimum absolute atomic E-state index is 0.0272. The largest absolute Gasteiger partial charge is 0.452 e. The fourth-order valence-corrected chi connectivity index (χ4v) is 3.30. The third-order valence-electron chi connectivity index (χ3n) is 3.79. The molecule has 0 fully saturated rings. The molecule has 1 aromatic rings. The summed E-state index contributed by atoms with van der Waals surface area (Å²) in [5.74, 6) is -1.24. The molecule has 1 aromatic carbocycles. The highest BCUT2D eigenvalue weighted by Crippen LogP contribution is 2.18. The van der Waals surface area contributed by atoms with Gasteiger partial charge >= 0.3 is 5.97 Å². The molecule has 142 valence electrons. The normalized spacial score (nSPS) is 11.3. The Kier molecular flexibility index (Phi) is 7.74. The van der Waals surface area contributed by atoms with Gasteiger partial charge < -0.3 is 9.64 Å². The molecule has 1 amide bonds. The first-order valence-electron chi connectivity index (χ1n) is 7.97. The lowest BCUT2D eigenvalue weighted by atomic mass is 10.2. The van der Waals surface area contributed by atoms with E-state index in [-0.39, 0.29) is 29.5 Å². The van der Waals surface area contributed by atoms with Crippen LogP contribution in [0.25, 0.3) is 0 Å². The maximum absolute atomic E-state index is 12.5. The number of carbonyl (C=O) groups is 2. The summed E-state index contributed by atoms with van der Waals surface area (Å²) in [7, 11) is -0.768. The molecule has 0 N–H and O–H groups in total. The van der Waals surface area contributed by atoms with E-state index >= 15 is 0 Å². The van der Waals surface area contributed by atoms with Crippen molar-refractivity contribution in [2.45, 2.75) is 31.2 Å². The Labute approximate surface area is 154 Å². The van der Waals surface area contributed by atoms with Crippen LogP contribution in [0.4, 0.5) is 0 Å². The monoisotopic (exact) mass is 381 g/mol. The zero-order valence-corrected chi connectivity index (χ0v) is 16.1. The summed E-state index contributed by atoms with van der Waals surface area (Å²) in [6, 6.07) is 7.16. The van der Waals surface area contributed by atoms with Crippen molar-refractivity contribution < 1.29 is 22.7 Å². The fourth-order valence-electron chi connectivity index (χ4n) is 1.89. The molecular weight excluding hydrogens is 358 g/mol. The lowest BCUT2D eigenvalue weighted by molar-refractivity contribution is -0.133. The Morgan fingerprint density at radius 3 is 2.50 bits per heavy atom. The van der Waals surface area contributed by atoms with Crippen molar-refractivity contribution in [1.82, 2.24) is 9.21 Å². The molecule has 26 heavy (non-hydrogen) atoms. The van der Waals surface area contributed by atoms with Crippen LogP contribution in [-0.2, 0) is 19.6 Å². The lowest BCUT2D eigenvalue weighted by Gasteiger charge is -2.21. The number of carbonyl (C=O) groups excluding carboxylic acids is 2. The van der Waals surface area contributed by atoms with Crippen molar-refractivity contribution in [3.8, 4) is 6.07 Å². The van der Waals surface area contributed by atoms with Crippen molar-refractivity contribution in [2.75, 3.05) is 27.2 Å². The average Bonchev–Trinajstić information content (AvgIpc) is 2.62. The van der Waals surface area contributed by atoms with Crippen LogP contribution in [-0.4, -0.2) is 62.8 Å². The fraction of sp³-hybridized carbons (Fsp3) is 0.471. The number of ether oxygens (including phenoxy) is 1. The molecule has 0 bridgehead atoms. The molecule has 0 heterocycles. The first-order chi connectivity index (χ1) is 12.1. The minimum atomic E-state index is -3.73. The highest BCUT2D eigenvalue weighted by molar-refractivity contribution is 7.89. The SMILES string of the molecule is CC(C)N(C)S(=O)(=O)c1cccc(C(=O)OCC(=O)N(C)CCC#N)c1. The van der Waals surface area contributed by atoms with Crippen molar-refractivity contribution in [1.29, 1.82) is 5.26 Å². The molecule has 0 saturated carbocycles. The van der Waals surface area contributed by atoms with Gasteiger partial charge in [-0.3, -0.25) is 4.79 Å². The van der Waals surface area contributed by atoms with Crippen LogP contribution in [0.2, 0.25) is 0 Å². The Bertz CT molecular complexity index is 799. The molecule has 9 heteroatoms. The third-order valence-corrected chi connectivity index (χ3v) is 5.82. The second-order valence-corrected chi connectivity index (χ2v) is 7.94. The third kappa shape index (κ3) is 5.54. The van der Waals surface area contributed by atoms with Gasteiger partial charge in [-0.15, -0.1) is 0 Å². The van der Waals surface area contributed by atoms with E-state index in [1.165, 1.54) is 47.6 Å². The lowest BCUT2D eigenvalue weighted by Crippen LogP contribution is -2.33. The van der Waals surface area contributed by atoms with Crippen molar-refractivity contribution >= 4 is 21.9 Å². The van der Waals surface area contributed by atoms with Gasteiger partial charge in [0.15, 0.2) is 6.61 Å². The molecule has 0 aliphatic rings. The van der Waals surface area contributed by atoms with Crippen LogP contribution in [0.15, 0.2) is 29.2 Å². The summed E-state index contributed by atoms with van der Waals surface area (Å²) < 4.78 is 31.1. The van der Waals surface area contributed by atoms with Crippen LogP contribution in [0.3, 0.4) is 0 Å². The van der Waals surface area contributed by atoms with E-state index in [4.69, 9.17) is 10.00 Å². The average molecular weight is 381 g/mol. The Balaban J connectivity index is 2.84. The molecular formula is C17H23N3O5S. The number of esters is 1. The smallest absolute Gasteiger partial charge is 0.338 e. The summed E-state index contributed by atoms with van der Waals surface area (Å²) >= 11 is 0. The predicted molar refractivity (Wildman–Crippen MR) is 94.7 cm³/mol. The zero-order valence-electron chi connectivity index (χ0n) is 15.3. The minimum Gasteiger partial charge on any atom is -0.452 e. The van der Waals surface area contributed by atoms with Gasteiger partial charge in [-0.25, -0.2) is 13.2 Å². The predicted octanol–water partition coefficient (Wildman–Crippen LogP) is 1.24. The number of nitriles is 1. The molecule has 1 rings (SSSR count). The number of benzene rings is 1. The van der Waals surface area contributed by atoms with Crippen LogP contribution >= 0.6 is 0 Å². The summed E-state index contributed by atoms with van der Waals surface area (Å²) in [6.07, 6.45) is 0.180. The number of sulfonamides is 1. The molecule has 0 saturated heterocycles. The van der Waals surface area contributed by atoms with Crippen molar-refractivity contribution in [3.05, 3.63) is 29.8 Å². The van der Waals surface area contributed by atoms with Crippen LogP contribution < -0.4 is 0 Å². The van der Waals surface area contributed by atoms with E-state index in [1.807, 2.05) is 6.07 Å². The van der Waals surface area contributed by atoms with Gasteiger partial charge in [0.05, 0.1) is 22.9 Å². The van der Waals surface area contributed by atoms with E-state index in [1.54, 1.807) is 13.8 Å². The highest BCUT2D eigenvalue weighted by atomic mass is 32.2. The Morgan fingerprint density at radius 1 is 1.27 bits per heavy atom. The molecule has 0 aliphatic heterocycles. The number of hydrogen-bond acceptors (Lipinski definition) is 6. The van der Waals surface area contributed by atoms with E-state index in [9.17, 15) is 18.0 Å². The molecule has 0 aromatic heterocycles. The first kappa shape index (κ1) is 21.6. The molecule has 0 aliphatic carbocycles. The van der Waals surface area contributed by atoms with Gasteiger partial charge in [-0.2, -0.15) is 9.57 Å². The number of hydrogen-bond donors (Lipinski definition) is 0. The van der Waals surface area contributed by atoms with Gasteiger partial charge in [-0.1, -0.05) is 6.07 Å². The van der Waals surface area contributed by atoms with Crippen LogP contribution in [0, 0.1) is 11.3 Å². The molecule has 8 nitrogen and oxygen atoms in total. The number of likely N-dealkylation sites (N-methyl/N-ethyl adjacent to an activating group) is 1. The molecule has 0 radical (unpaired) electrons. The quantitative estimate of drug-likeness (QED) is 0.627. The number of rotatable bonds is 8. The standard InChI is InChI=1S/C17H23N3O5S/c1-13(2)20(4)26(23,24)15-8-5-7-14(11-15)17(22)25-12-16(21)19(3)10-6-9-18/h5,7-8,11,13H,6,10,12H2,1-4H3. The van der Waals surface area contributed by atoms with Gasteiger partial charge in [0.25, 0.3) is 5.91 Å². The molecule has 0 atom stereocenters. The maximum atomic E-state index is 12.5. The Morgan fingerprint density at radius 2 is 1.92 bits per heavy atom. The maximum Gasteiger partial charge on any atom is 0.338 e. The number of nitrogens with zero attached hydrogens (tertiary/aromatic N) is 3. The van der Waals surface area contributed by atoms with Crippen molar-refractivity contribution in [3.63, 3.8) is 0 Å². The number of amides is 1. The van der Waals surface area contributed by atoms with Gasteiger partial charge in [-0.05, 0) is 32.0 Å². The second-order valence-electron chi connectivity index (χ2n) is 5.94. The summed E-state index contributed by atoms with van der Waals surface area (Å²) in [5, 5.41) is 8.50. The van der Waals surface area contributed by atoms with Gasteiger partial charge in [0, 0.05) is 26.7 Å². The van der Waals surface area contributed by atoms with Crippen LogP contribution in [0.5, 0.6) is 0 Å². The topological polar surface area (TPSA) is 108 Å². The summed E-state index contributed by atoms with van der Waals surface area (Å²) in [5.41, 5.74) is 0.0377. The van der Waals surface area contributed by atoms with E-state index < -0.39 is 28.5 Å². The van der Waals surface area contributed by atoms with Gasteiger partial charge in [0.1, 0.15) is 0 Å². The zero-order chi connectivity index (χ0) is 19.9. The molecule has 0 spiro atoms. The highest BCUT2D eigenvalue weighted by Gasteiger charge is 2.24. The second kappa shape index (κ2) is 9.31. The van der Waals surface area contributed by atoms with E-state index in [0.29, 0.717) is 0 Å². The Hall–Kier alpha value is -2.44. The summed E-state index contributed by atoms with van der Waals surface area (Å²) in [4.78, 5) is 25.2. The summed E-state index contributed by atoms with van der Waals surface area (Å²) in [6.45, 7) is 3.24. The van der Waals surface area contributed by atoms with Crippen LogP contribution in [0.1, 0.15) is 30.6 Å². The van der Waals surface area contributed by atoms with E-state index in [2.05, 4.69) is 0 Å². The first-order valence-corrected chi connectivity index (χ1v) is 9.41. The molecule has 0 unspecified atom stereocenters. The van der Waals surface area contributed by atoms with Gasteiger partial charge in [0.2, 0.25) is 10.0 Å².